The van der Waals surface area contributed by atoms with Gasteiger partial charge in [0, 0.05) is 17.5 Å². The van der Waals surface area contributed by atoms with Crippen molar-refractivity contribution >= 4 is 0 Å². The molecular formula is C11H16N2O. The Morgan fingerprint density at radius 3 is 2.79 bits per heavy atom. The van der Waals surface area contributed by atoms with Crippen LogP contribution in [0.2, 0.25) is 0 Å². The van der Waals surface area contributed by atoms with Gasteiger partial charge in [0.15, 0.2) is 0 Å². The summed E-state index contributed by atoms with van der Waals surface area (Å²) in [5.74, 6) is 0. The van der Waals surface area contributed by atoms with E-state index in [4.69, 9.17) is 0 Å². The Kier molecular flexibility index (Phi) is 2.52. The van der Waals surface area contributed by atoms with Gasteiger partial charge < -0.3 is 10.4 Å². The maximum Gasteiger partial charge on any atom is 0.0938 e. The lowest BCUT2D eigenvalue weighted by Crippen LogP contribution is -2.40. The molecule has 1 aromatic heterocycles. The smallest absolute Gasteiger partial charge is 0.0938 e. The van der Waals surface area contributed by atoms with Crippen LogP contribution in [0.4, 0.5) is 0 Å². The van der Waals surface area contributed by atoms with Crippen molar-refractivity contribution in [3.63, 3.8) is 0 Å². The monoisotopic (exact) mass is 192 g/mol. The molecule has 14 heavy (non-hydrogen) atoms. The van der Waals surface area contributed by atoms with E-state index in [0.717, 1.165) is 37.2 Å². The van der Waals surface area contributed by atoms with Crippen LogP contribution in [0.3, 0.4) is 0 Å². The quantitative estimate of drug-likeness (QED) is 0.696. The van der Waals surface area contributed by atoms with Crippen molar-refractivity contribution < 1.29 is 5.11 Å². The Labute approximate surface area is 84.2 Å². The number of aryl methyl sites for hydroxylation is 1. The van der Waals surface area contributed by atoms with Crippen LogP contribution in [-0.2, 0) is 5.60 Å². The first-order valence-electron chi connectivity index (χ1n) is 5.07. The summed E-state index contributed by atoms with van der Waals surface area (Å²) in [5, 5.41) is 13.7. The van der Waals surface area contributed by atoms with Crippen LogP contribution in [0.15, 0.2) is 18.3 Å². The van der Waals surface area contributed by atoms with Gasteiger partial charge in [-0.15, -0.1) is 0 Å². The number of aromatic nitrogens is 1. The molecule has 0 amide bonds. The summed E-state index contributed by atoms with van der Waals surface area (Å²) in [6.07, 6.45) is 3.32. The minimum absolute atomic E-state index is 0.663. The van der Waals surface area contributed by atoms with Gasteiger partial charge in [0.05, 0.1) is 5.60 Å². The zero-order valence-electron chi connectivity index (χ0n) is 8.45. The normalized spacial score (nSPS) is 20.7. The van der Waals surface area contributed by atoms with Crippen LogP contribution in [0.5, 0.6) is 0 Å². The molecule has 1 aromatic rings. The van der Waals surface area contributed by atoms with Crippen LogP contribution in [0.25, 0.3) is 0 Å². The van der Waals surface area contributed by atoms with E-state index >= 15 is 0 Å². The van der Waals surface area contributed by atoms with Crippen LogP contribution >= 0.6 is 0 Å². The maximum absolute atomic E-state index is 10.4. The molecule has 76 valence electrons. The third-order valence-electron chi connectivity index (χ3n) is 2.94. The fourth-order valence-corrected chi connectivity index (χ4v) is 2.09. The number of pyridine rings is 1. The number of hydrogen-bond donors (Lipinski definition) is 2. The molecule has 0 aromatic carbocycles. The summed E-state index contributed by atoms with van der Waals surface area (Å²) in [5.41, 5.74) is 1.27. The molecule has 0 saturated carbocycles. The van der Waals surface area contributed by atoms with Gasteiger partial charge in [-0.25, -0.2) is 0 Å². The Balaban J connectivity index is 2.32. The van der Waals surface area contributed by atoms with E-state index in [2.05, 4.69) is 10.3 Å². The number of hydrogen-bond acceptors (Lipinski definition) is 3. The summed E-state index contributed by atoms with van der Waals surface area (Å²) in [4.78, 5) is 4.22. The molecule has 1 saturated heterocycles. The molecule has 2 N–H and O–H groups in total. The van der Waals surface area contributed by atoms with E-state index in [0.29, 0.717) is 0 Å². The standard InChI is InChI=1S/C11H16N2O/c1-9-10(3-2-6-13-9)11(14)4-7-12-8-5-11/h2-3,6,12,14H,4-5,7-8H2,1H3. The molecule has 0 bridgehead atoms. The van der Waals surface area contributed by atoms with E-state index in [1.165, 1.54) is 0 Å². The highest BCUT2D eigenvalue weighted by Gasteiger charge is 2.32. The minimum Gasteiger partial charge on any atom is -0.385 e. The minimum atomic E-state index is -0.663. The molecule has 0 aliphatic carbocycles. The molecular weight excluding hydrogens is 176 g/mol. The number of nitrogens with one attached hydrogen (secondary N) is 1. The third kappa shape index (κ3) is 1.65. The van der Waals surface area contributed by atoms with Crippen LogP contribution in [0.1, 0.15) is 24.1 Å². The third-order valence-corrected chi connectivity index (χ3v) is 2.94. The molecule has 0 radical (unpaired) electrons. The van der Waals surface area contributed by atoms with E-state index in [-0.39, 0.29) is 0 Å². The van der Waals surface area contributed by atoms with Crippen molar-refractivity contribution in [2.24, 2.45) is 0 Å². The molecule has 0 atom stereocenters. The van der Waals surface area contributed by atoms with E-state index in [9.17, 15) is 5.11 Å². The number of piperidine rings is 1. The average Bonchev–Trinajstić information content (AvgIpc) is 2.19. The highest BCUT2D eigenvalue weighted by Crippen LogP contribution is 2.31. The molecule has 3 nitrogen and oxygen atoms in total. The molecule has 0 spiro atoms. The molecule has 3 heteroatoms. The maximum atomic E-state index is 10.4. The first-order chi connectivity index (χ1) is 6.72. The summed E-state index contributed by atoms with van der Waals surface area (Å²) in [6.45, 7) is 3.71. The topological polar surface area (TPSA) is 45.2 Å². The summed E-state index contributed by atoms with van der Waals surface area (Å²) in [7, 11) is 0. The van der Waals surface area contributed by atoms with Crippen molar-refractivity contribution in [2.75, 3.05) is 13.1 Å². The van der Waals surface area contributed by atoms with Gasteiger partial charge in [-0.05, 0) is 38.9 Å². The van der Waals surface area contributed by atoms with Crippen molar-refractivity contribution in [1.29, 1.82) is 0 Å². The summed E-state index contributed by atoms with van der Waals surface area (Å²) in [6, 6.07) is 3.87. The Morgan fingerprint density at radius 1 is 1.43 bits per heavy atom. The van der Waals surface area contributed by atoms with Crippen molar-refractivity contribution in [1.82, 2.24) is 10.3 Å². The molecule has 2 rings (SSSR count). The van der Waals surface area contributed by atoms with Gasteiger partial charge in [-0.1, -0.05) is 6.07 Å². The lowest BCUT2D eigenvalue weighted by atomic mass is 9.84. The number of aliphatic hydroxyl groups is 1. The lowest BCUT2D eigenvalue weighted by molar-refractivity contribution is 0.00502. The highest BCUT2D eigenvalue weighted by molar-refractivity contribution is 5.26. The molecule has 0 unspecified atom stereocenters. The summed E-state index contributed by atoms with van der Waals surface area (Å²) >= 11 is 0. The van der Waals surface area contributed by atoms with Crippen molar-refractivity contribution in [2.45, 2.75) is 25.4 Å². The van der Waals surface area contributed by atoms with E-state index in [1.54, 1.807) is 6.20 Å². The van der Waals surface area contributed by atoms with Gasteiger partial charge in [0.25, 0.3) is 0 Å². The second kappa shape index (κ2) is 3.67. The SMILES string of the molecule is Cc1ncccc1C1(O)CCNCC1. The zero-order valence-corrected chi connectivity index (χ0v) is 8.45. The average molecular weight is 192 g/mol. The van der Waals surface area contributed by atoms with Crippen LogP contribution in [0, 0.1) is 6.92 Å². The first-order valence-corrected chi connectivity index (χ1v) is 5.07. The second-order valence-electron chi connectivity index (χ2n) is 3.92. The first kappa shape index (κ1) is 9.62. The van der Waals surface area contributed by atoms with Crippen LogP contribution < -0.4 is 5.32 Å². The second-order valence-corrected chi connectivity index (χ2v) is 3.92. The predicted molar refractivity (Wildman–Crippen MR) is 55.0 cm³/mol. The fraction of sp³-hybridized carbons (Fsp3) is 0.545. The van der Waals surface area contributed by atoms with E-state index in [1.807, 2.05) is 19.1 Å². The molecule has 1 aliphatic rings. The van der Waals surface area contributed by atoms with Crippen LogP contribution in [-0.4, -0.2) is 23.2 Å². The van der Waals surface area contributed by atoms with E-state index < -0.39 is 5.60 Å². The van der Waals surface area contributed by atoms with Crippen molar-refractivity contribution in [3.05, 3.63) is 29.6 Å². The Bertz CT molecular complexity index is 319. The summed E-state index contributed by atoms with van der Waals surface area (Å²) < 4.78 is 0. The fourth-order valence-electron chi connectivity index (χ4n) is 2.09. The van der Waals surface area contributed by atoms with Gasteiger partial charge in [-0.2, -0.15) is 0 Å². The van der Waals surface area contributed by atoms with Gasteiger partial charge in [-0.3, -0.25) is 4.98 Å². The Morgan fingerprint density at radius 2 is 2.14 bits per heavy atom. The number of rotatable bonds is 1. The van der Waals surface area contributed by atoms with Gasteiger partial charge >= 0.3 is 0 Å². The highest BCUT2D eigenvalue weighted by atomic mass is 16.3. The molecule has 1 aliphatic heterocycles. The molecule has 2 heterocycles. The zero-order chi connectivity index (χ0) is 10.0. The van der Waals surface area contributed by atoms with Gasteiger partial charge in [0.1, 0.15) is 0 Å². The number of nitrogens with zero attached hydrogens (tertiary/aromatic N) is 1. The lowest BCUT2D eigenvalue weighted by Gasteiger charge is -2.33. The largest absolute Gasteiger partial charge is 0.385 e. The van der Waals surface area contributed by atoms with Crippen molar-refractivity contribution in [3.8, 4) is 0 Å². The van der Waals surface area contributed by atoms with Gasteiger partial charge in [0.2, 0.25) is 0 Å². The molecule has 1 fully saturated rings. The Hall–Kier alpha value is -0.930. The predicted octanol–water partition coefficient (Wildman–Crippen LogP) is 0.961.